The van der Waals surface area contributed by atoms with Gasteiger partial charge in [0.05, 0.1) is 7.11 Å². The van der Waals surface area contributed by atoms with Gasteiger partial charge in [-0.3, -0.25) is 0 Å². The lowest BCUT2D eigenvalue weighted by molar-refractivity contribution is 0.149. The van der Waals surface area contributed by atoms with Crippen molar-refractivity contribution in [3.05, 3.63) is 29.3 Å². The van der Waals surface area contributed by atoms with Gasteiger partial charge in [-0.1, -0.05) is 12.1 Å². The summed E-state index contributed by atoms with van der Waals surface area (Å²) in [6, 6.07) is 4.72. The van der Waals surface area contributed by atoms with Crippen molar-refractivity contribution in [2.75, 3.05) is 7.11 Å². The molecule has 4 heteroatoms. The van der Waals surface area contributed by atoms with Crippen LogP contribution in [0, 0.1) is 0 Å². The van der Waals surface area contributed by atoms with Crippen LogP contribution in [0.1, 0.15) is 30.4 Å². The van der Waals surface area contributed by atoms with Crippen molar-refractivity contribution in [1.29, 1.82) is 0 Å². The molecule has 0 amide bonds. The van der Waals surface area contributed by atoms with Crippen LogP contribution in [0.15, 0.2) is 18.2 Å². The van der Waals surface area contributed by atoms with Crippen LogP contribution < -0.4 is 10.5 Å². The molecule has 0 aliphatic heterocycles. The molecule has 1 aromatic carbocycles. The Morgan fingerprint density at radius 2 is 2.12 bits per heavy atom. The number of nitrogens with two attached hydrogens (primary N) is 1. The Morgan fingerprint density at radius 3 is 2.62 bits per heavy atom. The minimum atomic E-state index is -2.48. The normalized spacial score (nSPS) is 17.6. The first-order chi connectivity index (χ1) is 7.56. The number of hydrogen-bond acceptors (Lipinski definition) is 2. The molecule has 1 saturated carbocycles. The molecule has 0 aromatic heterocycles. The number of ether oxygens (including phenoxy) is 1. The minimum absolute atomic E-state index is 0.0380. The van der Waals surface area contributed by atoms with E-state index >= 15 is 0 Å². The predicted molar refractivity (Wildman–Crippen MR) is 57.8 cm³/mol. The Labute approximate surface area is 93.4 Å². The molecule has 0 heterocycles. The smallest absolute Gasteiger partial charge is 0.264 e. The van der Waals surface area contributed by atoms with E-state index in [1.807, 2.05) is 0 Å². The molecule has 2 rings (SSSR count). The Bertz CT molecular complexity index is 389. The Balaban J connectivity index is 2.37. The summed E-state index contributed by atoms with van der Waals surface area (Å²) < 4.78 is 30.8. The second-order valence-electron chi connectivity index (χ2n) is 4.37. The van der Waals surface area contributed by atoms with Gasteiger partial charge >= 0.3 is 0 Å². The summed E-state index contributed by atoms with van der Waals surface area (Å²) in [7, 11) is 1.49. The van der Waals surface area contributed by atoms with Gasteiger partial charge in [-0.05, 0) is 25.3 Å². The minimum Gasteiger partial charge on any atom is -0.496 e. The number of alkyl halides is 2. The fourth-order valence-electron chi connectivity index (χ4n) is 1.86. The van der Waals surface area contributed by atoms with E-state index in [0.717, 1.165) is 12.8 Å². The molecule has 1 fully saturated rings. The zero-order chi connectivity index (χ0) is 11.8. The molecular formula is C12H15F2NO. The third-order valence-corrected chi connectivity index (χ3v) is 3.05. The van der Waals surface area contributed by atoms with Crippen molar-refractivity contribution in [1.82, 2.24) is 0 Å². The van der Waals surface area contributed by atoms with Crippen molar-refractivity contribution in [2.24, 2.45) is 5.73 Å². The van der Waals surface area contributed by atoms with E-state index < -0.39 is 6.43 Å². The molecule has 0 atom stereocenters. The quantitative estimate of drug-likeness (QED) is 0.858. The Morgan fingerprint density at radius 1 is 1.44 bits per heavy atom. The summed E-state index contributed by atoms with van der Waals surface area (Å²) in [5.41, 5.74) is 6.27. The fraction of sp³-hybridized carbons (Fsp3) is 0.500. The molecule has 0 saturated heterocycles. The third kappa shape index (κ3) is 2.16. The van der Waals surface area contributed by atoms with E-state index in [1.54, 1.807) is 12.1 Å². The van der Waals surface area contributed by atoms with Crippen LogP contribution in [-0.2, 0) is 6.42 Å². The van der Waals surface area contributed by atoms with Crippen molar-refractivity contribution in [2.45, 2.75) is 31.2 Å². The molecular weight excluding hydrogens is 212 g/mol. The molecule has 16 heavy (non-hydrogen) atoms. The van der Waals surface area contributed by atoms with Gasteiger partial charge in [0, 0.05) is 16.7 Å². The molecule has 0 radical (unpaired) electrons. The molecule has 0 spiro atoms. The summed E-state index contributed by atoms with van der Waals surface area (Å²) in [6.07, 6.45) is -0.217. The highest BCUT2D eigenvalue weighted by Gasteiger charge is 2.39. The topological polar surface area (TPSA) is 35.2 Å². The van der Waals surface area contributed by atoms with E-state index in [0.29, 0.717) is 17.7 Å². The van der Waals surface area contributed by atoms with Gasteiger partial charge in [0.2, 0.25) is 0 Å². The maximum atomic E-state index is 12.8. The highest BCUT2D eigenvalue weighted by Crippen LogP contribution is 2.40. The van der Waals surface area contributed by atoms with Crippen molar-refractivity contribution < 1.29 is 13.5 Å². The second-order valence-corrected chi connectivity index (χ2v) is 4.37. The third-order valence-electron chi connectivity index (χ3n) is 3.05. The van der Waals surface area contributed by atoms with Gasteiger partial charge in [-0.25, -0.2) is 8.78 Å². The Kier molecular flexibility index (Phi) is 2.84. The Hall–Kier alpha value is -1.16. The zero-order valence-electron chi connectivity index (χ0n) is 9.17. The van der Waals surface area contributed by atoms with Gasteiger partial charge in [0.25, 0.3) is 6.43 Å². The van der Waals surface area contributed by atoms with E-state index in [9.17, 15) is 8.78 Å². The molecule has 1 aromatic rings. The standard InChI is InChI=1S/C12H15F2NO/c1-16-10-4-2-3-8(11(13)14)9(10)7-12(15)5-6-12/h2-4,11H,5-7,15H2,1H3. The molecule has 88 valence electrons. The van der Waals surface area contributed by atoms with Crippen LogP contribution in [0.5, 0.6) is 5.75 Å². The van der Waals surface area contributed by atoms with Crippen molar-refractivity contribution in [3.63, 3.8) is 0 Å². The first-order valence-electron chi connectivity index (χ1n) is 5.28. The maximum absolute atomic E-state index is 12.8. The SMILES string of the molecule is COc1cccc(C(F)F)c1CC1(N)CC1. The number of halogens is 2. The summed E-state index contributed by atoms with van der Waals surface area (Å²) in [6.45, 7) is 0. The van der Waals surface area contributed by atoms with Gasteiger partial charge in [-0.15, -0.1) is 0 Å². The lowest BCUT2D eigenvalue weighted by Gasteiger charge is -2.16. The number of benzene rings is 1. The van der Waals surface area contributed by atoms with Crippen LogP contribution in [-0.4, -0.2) is 12.6 Å². The van der Waals surface area contributed by atoms with Gasteiger partial charge in [0.1, 0.15) is 5.75 Å². The second kappa shape index (κ2) is 4.01. The number of rotatable bonds is 4. The van der Waals surface area contributed by atoms with Crippen molar-refractivity contribution in [3.8, 4) is 5.75 Å². The van der Waals surface area contributed by atoms with Crippen LogP contribution in [0.25, 0.3) is 0 Å². The lowest BCUT2D eigenvalue weighted by atomic mass is 9.98. The summed E-state index contributed by atoms with van der Waals surface area (Å²) >= 11 is 0. The maximum Gasteiger partial charge on any atom is 0.264 e. The fourth-order valence-corrected chi connectivity index (χ4v) is 1.86. The van der Waals surface area contributed by atoms with Crippen LogP contribution in [0.2, 0.25) is 0 Å². The van der Waals surface area contributed by atoms with Gasteiger partial charge < -0.3 is 10.5 Å². The van der Waals surface area contributed by atoms with E-state index in [4.69, 9.17) is 10.5 Å². The first-order valence-corrected chi connectivity index (χ1v) is 5.28. The average molecular weight is 227 g/mol. The number of methoxy groups -OCH3 is 1. The average Bonchev–Trinajstić information content (AvgIpc) is 2.96. The predicted octanol–water partition coefficient (Wildman–Crippen LogP) is 2.67. The largest absolute Gasteiger partial charge is 0.496 e. The highest BCUT2D eigenvalue weighted by molar-refractivity contribution is 5.42. The molecule has 2 nitrogen and oxygen atoms in total. The zero-order valence-corrected chi connectivity index (χ0v) is 9.17. The summed E-state index contributed by atoms with van der Waals surface area (Å²) in [5, 5.41) is 0. The van der Waals surface area contributed by atoms with Crippen LogP contribution >= 0.6 is 0 Å². The van der Waals surface area contributed by atoms with E-state index in [1.165, 1.54) is 13.2 Å². The van der Waals surface area contributed by atoms with Crippen LogP contribution in [0.3, 0.4) is 0 Å². The molecule has 1 aliphatic carbocycles. The number of hydrogen-bond donors (Lipinski definition) is 1. The molecule has 1 aliphatic rings. The summed E-state index contributed by atoms with van der Waals surface area (Å²) in [4.78, 5) is 0. The van der Waals surface area contributed by atoms with Gasteiger partial charge in [0.15, 0.2) is 0 Å². The molecule has 0 bridgehead atoms. The molecule has 0 unspecified atom stereocenters. The lowest BCUT2D eigenvalue weighted by Crippen LogP contribution is -2.25. The van der Waals surface area contributed by atoms with E-state index in [-0.39, 0.29) is 11.1 Å². The summed E-state index contributed by atoms with van der Waals surface area (Å²) in [5.74, 6) is 0.509. The van der Waals surface area contributed by atoms with E-state index in [2.05, 4.69) is 0 Å². The van der Waals surface area contributed by atoms with Crippen LogP contribution in [0.4, 0.5) is 8.78 Å². The monoisotopic (exact) mass is 227 g/mol. The van der Waals surface area contributed by atoms with Gasteiger partial charge in [-0.2, -0.15) is 0 Å². The first kappa shape index (κ1) is 11.3. The molecule has 2 N–H and O–H groups in total. The van der Waals surface area contributed by atoms with Crippen molar-refractivity contribution >= 4 is 0 Å². The highest BCUT2D eigenvalue weighted by atomic mass is 19.3.